The summed E-state index contributed by atoms with van der Waals surface area (Å²) in [5, 5.41) is 8.27. The van der Waals surface area contributed by atoms with E-state index < -0.39 is 5.54 Å². The Kier molecular flexibility index (Phi) is 7.49. The second kappa shape index (κ2) is 8.03. The van der Waals surface area contributed by atoms with Crippen molar-refractivity contribution in [1.29, 1.82) is 0 Å². The lowest BCUT2D eigenvalue weighted by Gasteiger charge is -2.22. The lowest BCUT2D eigenvalue weighted by molar-refractivity contribution is -0.126. The summed E-state index contributed by atoms with van der Waals surface area (Å²) >= 11 is 0. The van der Waals surface area contributed by atoms with Crippen LogP contribution in [0.4, 0.5) is 0 Å². The Hall–Kier alpha value is -1.14. The molecule has 3 N–H and O–H groups in total. The van der Waals surface area contributed by atoms with Crippen molar-refractivity contribution in [3.63, 3.8) is 0 Å². The molecule has 0 aromatic heterocycles. The fourth-order valence-electron chi connectivity index (χ4n) is 1.00. The number of hydrogen-bond donors (Lipinski definition) is 3. The highest BCUT2D eigenvalue weighted by Crippen LogP contribution is 1.99. The lowest BCUT2D eigenvalue weighted by Crippen LogP contribution is -2.51. The predicted molar refractivity (Wildman–Crippen MR) is 65.7 cm³/mol. The number of hydrogen-bond acceptors (Lipinski definition) is 4. The van der Waals surface area contributed by atoms with E-state index in [2.05, 4.69) is 16.0 Å². The normalized spacial score (nSPS) is 11.1. The molecule has 0 heterocycles. The van der Waals surface area contributed by atoms with Gasteiger partial charge in [-0.05, 0) is 20.9 Å². The van der Waals surface area contributed by atoms with Crippen LogP contribution < -0.4 is 16.0 Å². The molecule has 0 saturated carbocycles. The molecule has 0 fully saturated rings. The Labute approximate surface area is 102 Å². The molecule has 0 aliphatic carbocycles. The van der Waals surface area contributed by atoms with E-state index in [1.807, 2.05) is 0 Å². The molecule has 6 nitrogen and oxygen atoms in total. The summed E-state index contributed by atoms with van der Waals surface area (Å²) in [4.78, 5) is 22.9. The van der Waals surface area contributed by atoms with Gasteiger partial charge < -0.3 is 20.7 Å². The van der Waals surface area contributed by atoms with Crippen molar-refractivity contribution >= 4 is 11.8 Å². The minimum Gasteiger partial charge on any atom is -0.383 e. The summed E-state index contributed by atoms with van der Waals surface area (Å²) in [6.07, 6.45) is 0.273. The molecule has 0 bridgehead atoms. The van der Waals surface area contributed by atoms with E-state index in [0.717, 1.165) is 0 Å². The minimum atomic E-state index is -0.619. The first-order valence-corrected chi connectivity index (χ1v) is 5.67. The first kappa shape index (κ1) is 15.9. The van der Waals surface area contributed by atoms with Crippen molar-refractivity contribution in [2.24, 2.45) is 0 Å². The van der Waals surface area contributed by atoms with E-state index in [1.165, 1.54) is 0 Å². The van der Waals surface area contributed by atoms with E-state index in [9.17, 15) is 9.59 Å². The van der Waals surface area contributed by atoms with Gasteiger partial charge in [0.25, 0.3) is 0 Å². The van der Waals surface area contributed by atoms with Crippen LogP contribution in [-0.4, -0.2) is 51.2 Å². The molecule has 2 amide bonds. The number of methoxy groups -OCH3 is 1. The van der Waals surface area contributed by atoms with Crippen molar-refractivity contribution in [2.75, 3.05) is 33.9 Å². The van der Waals surface area contributed by atoms with Gasteiger partial charge in [-0.15, -0.1) is 0 Å². The van der Waals surface area contributed by atoms with Gasteiger partial charge in [0.2, 0.25) is 11.8 Å². The molecule has 0 saturated heterocycles. The molecular formula is C11H23N3O3. The van der Waals surface area contributed by atoms with Gasteiger partial charge in [-0.1, -0.05) is 0 Å². The Bertz CT molecular complexity index is 254. The van der Waals surface area contributed by atoms with Gasteiger partial charge in [0, 0.05) is 26.6 Å². The number of carbonyl (C=O) groups excluding carboxylic acids is 2. The third-order valence-electron chi connectivity index (χ3n) is 2.46. The van der Waals surface area contributed by atoms with Gasteiger partial charge in [-0.3, -0.25) is 9.59 Å². The minimum absolute atomic E-state index is 0.0930. The second-order valence-corrected chi connectivity index (χ2v) is 4.22. The molecule has 0 radical (unpaired) electrons. The van der Waals surface area contributed by atoms with Crippen LogP contribution in [0.25, 0.3) is 0 Å². The molecule has 6 heteroatoms. The zero-order valence-electron chi connectivity index (χ0n) is 11.1. The number of nitrogens with one attached hydrogen (secondary N) is 3. The van der Waals surface area contributed by atoms with Crippen LogP contribution in [0.5, 0.6) is 0 Å². The summed E-state index contributed by atoms with van der Waals surface area (Å²) in [5.74, 6) is -0.214. The summed E-state index contributed by atoms with van der Waals surface area (Å²) in [7, 11) is 3.29. The molecule has 0 spiro atoms. The standard InChI is InChI=1S/C11H23N3O3/c1-11(2,12-3)10(16)14-6-5-9(15)13-7-8-17-4/h12H,5-8H2,1-4H3,(H,13,15)(H,14,16). The SMILES string of the molecule is CNC(C)(C)C(=O)NCCC(=O)NCCOC. The van der Waals surface area contributed by atoms with Crippen molar-refractivity contribution in [3.8, 4) is 0 Å². The van der Waals surface area contributed by atoms with E-state index in [1.54, 1.807) is 28.0 Å². The predicted octanol–water partition coefficient (Wildman–Crippen LogP) is -0.747. The fraction of sp³-hybridized carbons (Fsp3) is 0.818. The van der Waals surface area contributed by atoms with Crippen LogP contribution in [0.3, 0.4) is 0 Å². The molecule has 0 aliphatic rings. The molecule has 0 unspecified atom stereocenters. The zero-order valence-corrected chi connectivity index (χ0v) is 11.1. The third kappa shape index (κ3) is 6.91. The van der Waals surface area contributed by atoms with Crippen molar-refractivity contribution < 1.29 is 14.3 Å². The average molecular weight is 245 g/mol. The molecule has 0 aliphatic heterocycles. The summed E-state index contributed by atoms with van der Waals surface area (Å²) < 4.78 is 4.80. The van der Waals surface area contributed by atoms with Gasteiger partial charge >= 0.3 is 0 Å². The third-order valence-corrected chi connectivity index (χ3v) is 2.46. The number of carbonyl (C=O) groups is 2. The summed E-state index contributed by atoms with van der Waals surface area (Å²) in [5.41, 5.74) is -0.619. The average Bonchev–Trinajstić information content (AvgIpc) is 2.29. The highest BCUT2D eigenvalue weighted by molar-refractivity contribution is 5.85. The molecule has 0 aromatic carbocycles. The van der Waals surface area contributed by atoms with Gasteiger partial charge in [0.05, 0.1) is 12.1 Å². The van der Waals surface area contributed by atoms with Gasteiger partial charge in [-0.25, -0.2) is 0 Å². The largest absolute Gasteiger partial charge is 0.383 e. The maximum Gasteiger partial charge on any atom is 0.239 e. The number of ether oxygens (including phenoxy) is 1. The molecule has 0 aromatic rings. The van der Waals surface area contributed by atoms with Crippen LogP contribution in [0, 0.1) is 0 Å². The fourth-order valence-corrected chi connectivity index (χ4v) is 1.00. The quantitative estimate of drug-likeness (QED) is 0.492. The zero-order chi connectivity index (χ0) is 13.3. The van der Waals surface area contributed by atoms with Crippen LogP contribution >= 0.6 is 0 Å². The Balaban J connectivity index is 3.70. The Morgan fingerprint density at radius 2 is 1.82 bits per heavy atom. The van der Waals surface area contributed by atoms with Gasteiger partial charge in [0.15, 0.2) is 0 Å². The van der Waals surface area contributed by atoms with Crippen molar-refractivity contribution in [2.45, 2.75) is 25.8 Å². The number of amides is 2. The Morgan fingerprint density at radius 3 is 2.35 bits per heavy atom. The smallest absolute Gasteiger partial charge is 0.239 e. The van der Waals surface area contributed by atoms with Crippen LogP contribution in [0.1, 0.15) is 20.3 Å². The highest BCUT2D eigenvalue weighted by atomic mass is 16.5. The van der Waals surface area contributed by atoms with Crippen LogP contribution in [-0.2, 0) is 14.3 Å². The van der Waals surface area contributed by atoms with Crippen LogP contribution in [0.2, 0.25) is 0 Å². The van der Waals surface area contributed by atoms with E-state index in [-0.39, 0.29) is 18.2 Å². The lowest BCUT2D eigenvalue weighted by atomic mass is 10.1. The van der Waals surface area contributed by atoms with Gasteiger partial charge in [-0.2, -0.15) is 0 Å². The summed E-state index contributed by atoms with van der Waals surface area (Å²) in [6, 6.07) is 0. The van der Waals surface area contributed by atoms with E-state index in [0.29, 0.717) is 19.7 Å². The monoisotopic (exact) mass is 245 g/mol. The second-order valence-electron chi connectivity index (χ2n) is 4.22. The van der Waals surface area contributed by atoms with Gasteiger partial charge in [0.1, 0.15) is 0 Å². The van der Waals surface area contributed by atoms with E-state index >= 15 is 0 Å². The van der Waals surface area contributed by atoms with Crippen molar-refractivity contribution in [3.05, 3.63) is 0 Å². The van der Waals surface area contributed by atoms with Crippen LogP contribution in [0.15, 0.2) is 0 Å². The molecule has 17 heavy (non-hydrogen) atoms. The maximum absolute atomic E-state index is 11.6. The maximum atomic E-state index is 11.6. The topological polar surface area (TPSA) is 79.5 Å². The first-order chi connectivity index (χ1) is 7.94. The molecular weight excluding hydrogens is 222 g/mol. The summed E-state index contributed by atoms with van der Waals surface area (Å²) in [6.45, 7) is 4.88. The van der Waals surface area contributed by atoms with Crippen molar-refractivity contribution in [1.82, 2.24) is 16.0 Å². The Morgan fingerprint density at radius 1 is 1.18 bits per heavy atom. The molecule has 0 atom stereocenters. The molecule has 100 valence electrons. The first-order valence-electron chi connectivity index (χ1n) is 5.67. The molecule has 0 rings (SSSR count). The number of rotatable bonds is 8. The van der Waals surface area contributed by atoms with E-state index in [4.69, 9.17) is 4.74 Å². The highest BCUT2D eigenvalue weighted by Gasteiger charge is 2.24. The number of likely N-dealkylation sites (N-methyl/N-ethyl adjacent to an activating group) is 1.